The van der Waals surface area contributed by atoms with Crippen molar-refractivity contribution in [3.8, 4) is 0 Å². The van der Waals surface area contributed by atoms with E-state index in [0.717, 1.165) is 29.4 Å². The van der Waals surface area contributed by atoms with Crippen molar-refractivity contribution in [1.82, 2.24) is 9.88 Å². The summed E-state index contributed by atoms with van der Waals surface area (Å²) in [6, 6.07) is 7.96. The van der Waals surface area contributed by atoms with E-state index in [0.29, 0.717) is 12.8 Å². The van der Waals surface area contributed by atoms with Crippen LogP contribution >= 0.6 is 0 Å². The molecule has 1 amide bonds. The second-order valence-electron chi connectivity index (χ2n) is 5.92. The van der Waals surface area contributed by atoms with Crippen molar-refractivity contribution >= 4 is 22.8 Å². The van der Waals surface area contributed by atoms with Gasteiger partial charge in [0.25, 0.3) is 0 Å². The summed E-state index contributed by atoms with van der Waals surface area (Å²) in [4.78, 5) is 23.6. The maximum atomic E-state index is 12.3. The third kappa shape index (κ3) is 2.36. The van der Waals surface area contributed by atoms with Crippen LogP contribution in [-0.2, 0) is 22.6 Å². The molecule has 116 valence electrons. The van der Waals surface area contributed by atoms with Crippen molar-refractivity contribution in [3.05, 3.63) is 36.0 Å². The first-order chi connectivity index (χ1) is 10.6. The van der Waals surface area contributed by atoms with Crippen LogP contribution < -0.4 is 5.32 Å². The van der Waals surface area contributed by atoms with Gasteiger partial charge in [-0.1, -0.05) is 18.2 Å². The normalized spacial score (nSPS) is 16.2. The fraction of sp³-hybridized carbons (Fsp3) is 0.412. The lowest BCUT2D eigenvalue weighted by molar-refractivity contribution is -0.151. The van der Waals surface area contributed by atoms with Crippen LogP contribution in [-0.4, -0.2) is 27.1 Å². The minimum atomic E-state index is -1.04. The molecule has 0 radical (unpaired) electrons. The molecule has 0 spiro atoms. The van der Waals surface area contributed by atoms with Crippen LogP contribution in [0.25, 0.3) is 10.9 Å². The van der Waals surface area contributed by atoms with E-state index in [1.54, 1.807) is 0 Å². The lowest BCUT2D eigenvalue weighted by Crippen LogP contribution is -2.59. The Morgan fingerprint density at radius 2 is 2.05 bits per heavy atom. The molecule has 1 aromatic carbocycles. The van der Waals surface area contributed by atoms with E-state index >= 15 is 0 Å². The van der Waals surface area contributed by atoms with E-state index in [2.05, 4.69) is 16.8 Å². The molecule has 1 aliphatic rings. The highest BCUT2D eigenvalue weighted by atomic mass is 16.4. The number of carboxylic acids is 1. The average molecular weight is 300 g/mol. The van der Waals surface area contributed by atoms with Crippen LogP contribution in [0.2, 0.25) is 0 Å². The average Bonchev–Trinajstić information content (AvgIpc) is 2.81. The number of benzene rings is 1. The molecule has 0 unspecified atom stereocenters. The molecule has 0 atom stereocenters. The minimum absolute atomic E-state index is 0.211. The molecular formula is C17H20N2O3. The number of hydrogen-bond acceptors (Lipinski definition) is 2. The molecule has 5 heteroatoms. The van der Waals surface area contributed by atoms with Gasteiger partial charge < -0.3 is 15.0 Å². The van der Waals surface area contributed by atoms with Gasteiger partial charge in [0.2, 0.25) is 5.91 Å². The number of carbonyl (C=O) groups excluding carboxylic acids is 1. The smallest absolute Gasteiger partial charge is 0.329 e. The zero-order chi connectivity index (χ0) is 15.7. The van der Waals surface area contributed by atoms with Gasteiger partial charge in [0.05, 0.1) is 6.42 Å². The summed E-state index contributed by atoms with van der Waals surface area (Å²) in [6.45, 7) is 2.89. The Labute approximate surface area is 128 Å². The van der Waals surface area contributed by atoms with Crippen molar-refractivity contribution < 1.29 is 14.7 Å². The van der Waals surface area contributed by atoms with Crippen molar-refractivity contribution in [2.24, 2.45) is 0 Å². The number of carboxylic acid groups (broad SMARTS) is 1. The summed E-state index contributed by atoms with van der Waals surface area (Å²) in [5.74, 6) is -1.15. The number of nitrogens with one attached hydrogen (secondary N) is 1. The van der Waals surface area contributed by atoms with Crippen LogP contribution in [0, 0.1) is 0 Å². The van der Waals surface area contributed by atoms with Crippen molar-refractivity contribution in [2.45, 2.75) is 44.7 Å². The Morgan fingerprint density at radius 3 is 2.64 bits per heavy atom. The van der Waals surface area contributed by atoms with Gasteiger partial charge in [0.15, 0.2) is 0 Å². The van der Waals surface area contributed by atoms with Crippen molar-refractivity contribution in [3.63, 3.8) is 0 Å². The lowest BCUT2D eigenvalue weighted by atomic mass is 9.76. The molecule has 0 bridgehead atoms. The first-order valence-corrected chi connectivity index (χ1v) is 7.67. The largest absolute Gasteiger partial charge is 0.480 e. The molecule has 1 fully saturated rings. The SMILES string of the molecule is CCn1cc(CC(=O)NC2(C(=O)O)CCC2)c2ccccc21. The predicted molar refractivity (Wildman–Crippen MR) is 83.7 cm³/mol. The second-order valence-corrected chi connectivity index (χ2v) is 5.92. The number of carbonyl (C=O) groups is 2. The Morgan fingerprint density at radius 1 is 1.32 bits per heavy atom. The van der Waals surface area contributed by atoms with Gasteiger partial charge in [-0.2, -0.15) is 0 Å². The van der Waals surface area contributed by atoms with Gasteiger partial charge in [-0.3, -0.25) is 4.79 Å². The summed E-state index contributed by atoms with van der Waals surface area (Å²) in [5, 5.41) is 13.1. The van der Waals surface area contributed by atoms with Gasteiger partial charge in [0, 0.05) is 23.6 Å². The number of nitrogens with zero attached hydrogens (tertiary/aromatic N) is 1. The highest BCUT2D eigenvalue weighted by molar-refractivity contribution is 5.92. The van der Waals surface area contributed by atoms with E-state index < -0.39 is 11.5 Å². The lowest BCUT2D eigenvalue weighted by Gasteiger charge is -2.38. The highest BCUT2D eigenvalue weighted by Gasteiger charge is 2.45. The fourth-order valence-electron chi connectivity index (χ4n) is 3.13. The summed E-state index contributed by atoms with van der Waals surface area (Å²) in [6.07, 6.45) is 4.08. The molecule has 5 nitrogen and oxygen atoms in total. The number of aliphatic carboxylic acids is 1. The first-order valence-electron chi connectivity index (χ1n) is 7.67. The number of para-hydroxylation sites is 1. The molecular weight excluding hydrogens is 280 g/mol. The summed E-state index contributed by atoms with van der Waals surface area (Å²) < 4.78 is 2.11. The molecule has 1 heterocycles. The standard InChI is InChI=1S/C17H20N2O3/c1-2-19-11-12(13-6-3-4-7-14(13)19)10-15(20)18-17(16(21)22)8-5-9-17/h3-4,6-7,11H,2,5,8-10H2,1H3,(H,18,20)(H,21,22). The van der Waals surface area contributed by atoms with Gasteiger partial charge >= 0.3 is 5.97 Å². The Hall–Kier alpha value is -2.30. The van der Waals surface area contributed by atoms with Crippen molar-refractivity contribution in [2.75, 3.05) is 0 Å². The number of amides is 1. The quantitative estimate of drug-likeness (QED) is 0.890. The zero-order valence-electron chi connectivity index (χ0n) is 12.6. The number of aromatic nitrogens is 1. The number of aryl methyl sites for hydroxylation is 1. The third-order valence-electron chi connectivity index (χ3n) is 4.56. The van der Waals surface area contributed by atoms with Crippen LogP contribution in [0.1, 0.15) is 31.7 Å². The van der Waals surface area contributed by atoms with Crippen LogP contribution in [0.3, 0.4) is 0 Å². The number of rotatable bonds is 5. The topological polar surface area (TPSA) is 71.3 Å². The van der Waals surface area contributed by atoms with Crippen LogP contribution in [0.4, 0.5) is 0 Å². The van der Waals surface area contributed by atoms with E-state index in [1.807, 2.05) is 30.5 Å². The molecule has 1 saturated carbocycles. The third-order valence-corrected chi connectivity index (χ3v) is 4.56. The van der Waals surface area contributed by atoms with Crippen molar-refractivity contribution in [1.29, 1.82) is 0 Å². The molecule has 0 saturated heterocycles. The molecule has 1 aromatic heterocycles. The fourth-order valence-corrected chi connectivity index (χ4v) is 3.13. The predicted octanol–water partition coefficient (Wildman–Crippen LogP) is 2.33. The minimum Gasteiger partial charge on any atom is -0.480 e. The van der Waals surface area contributed by atoms with Crippen LogP contribution in [0.15, 0.2) is 30.5 Å². The number of fused-ring (bicyclic) bond motifs is 1. The summed E-state index contributed by atoms with van der Waals surface area (Å²) in [7, 11) is 0. The van der Waals surface area contributed by atoms with E-state index in [4.69, 9.17) is 0 Å². The zero-order valence-corrected chi connectivity index (χ0v) is 12.6. The Kier molecular flexibility index (Phi) is 3.64. The molecule has 1 aliphatic carbocycles. The first kappa shape index (κ1) is 14.6. The van der Waals surface area contributed by atoms with Gasteiger partial charge in [-0.05, 0) is 37.8 Å². The Balaban J connectivity index is 1.81. The maximum absolute atomic E-state index is 12.3. The van der Waals surface area contributed by atoms with Gasteiger partial charge in [0.1, 0.15) is 5.54 Å². The summed E-state index contributed by atoms with van der Waals surface area (Å²) in [5.41, 5.74) is 0.999. The van der Waals surface area contributed by atoms with E-state index in [-0.39, 0.29) is 12.3 Å². The van der Waals surface area contributed by atoms with Gasteiger partial charge in [-0.15, -0.1) is 0 Å². The summed E-state index contributed by atoms with van der Waals surface area (Å²) >= 11 is 0. The maximum Gasteiger partial charge on any atom is 0.329 e. The molecule has 22 heavy (non-hydrogen) atoms. The molecule has 2 aromatic rings. The Bertz CT molecular complexity index is 729. The van der Waals surface area contributed by atoms with Gasteiger partial charge in [-0.25, -0.2) is 4.79 Å². The van der Waals surface area contributed by atoms with Crippen LogP contribution in [0.5, 0.6) is 0 Å². The highest BCUT2D eigenvalue weighted by Crippen LogP contribution is 2.32. The second kappa shape index (κ2) is 5.48. The monoisotopic (exact) mass is 300 g/mol. The van der Waals surface area contributed by atoms with E-state index in [1.165, 1.54) is 0 Å². The molecule has 0 aliphatic heterocycles. The molecule has 3 rings (SSSR count). The van der Waals surface area contributed by atoms with E-state index in [9.17, 15) is 14.7 Å². The molecule has 2 N–H and O–H groups in total. The number of hydrogen-bond donors (Lipinski definition) is 2.